The fourth-order valence-corrected chi connectivity index (χ4v) is 7.70. The van der Waals surface area contributed by atoms with Crippen LogP contribution in [0.15, 0.2) is 83.2 Å². The number of allylic oxidation sites excluding steroid dienone is 6. The minimum atomic E-state index is -0.299. The van der Waals surface area contributed by atoms with Gasteiger partial charge in [-0.15, -0.1) is 0 Å². The van der Waals surface area contributed by atoms with Gasteiger partial charge in [-0.1, -0.05) is 107 Å². The van der Waals surface area contributed by atoms with Crippen molar-refractivity contribution in [1.82, 2.24) is 0 Å². The van der Waals surface area contributed by atoms with E-state index in [1.165, 1.54) is 59.9 Å². The van der Waals surface area contributed by atoms with E-state index in [9.17, 15) is 0 Å². The Morgan fingerprint density at radius 3 is 2.00 bits per heavy atom. The van der Waals surface area contributed by atoms with E-state index < -0.39 is 0 Å². The van der Waals surface area contributed by atoms with Crippen LogP contribution in [0.4, 0.5) is 0 Å². The highest BCUT2D eigenvalue weighted by molar-refractivity contribution is 5.79. The predicted octanol–water partition coefficient (Wildman–Crippen LogP) is 10.5. The van der Waals surface area contributed by atoms with E-state index in [4.69, 9.17) is 9.47 Å². The van der Waals surface area contributed by atoms with Crippen LogP contribution >= 0.6 is 0 Å². The maximum atomic E-state index is 6.99. The van der Waals surface area contributed by atoms with Gasteiger partial charge in [0, 0.05) is 6.42 Å². The minimum absolute atomic E-state index is 0.103. The van der Waals surface area contributed by atoms with Crippen molar-refractivity contribution in [1.29, 1.82) is 0 Å². The number of hydrogen-bond donors (Lipinski definition) is 0. The summed E-state index contributed by atoms with van der Waals surface area (Å²) in [5, 5.41) is 0. The minimum Gasteiger partial charge on any atom is -0.468 e. The topological polar surface area (TPSA) is 18.5 Å². The Labute approximate surface area is 242 Å². The number of benzene rings is 2. The Kier molecular flexibility index (Phi) is 8.35. The molecule has 2 atom stereocenters. The van der Waals surface area contributed by atoms with Gasteiger partial charge in [-0.05, 0) is 95.8 Å². The summed E-state index contributed by atoms with van der Waals surface area (Å²) in [5.74, 6) is 3.35. The Balaban J connectivity index is 1.29. The number of ether oxygens (including phenoxy) is 2. The third-order valence-electron chi connectivity index (χ3n) is 9.74. The lowest BCUT2D eigenvalue weighted by Gasteiger charge is -2.34. The Bertz CT molecular complexity index is 1240. The van der Waals surface area contributed by atoms with Gasteiger partial charge in [-0.25, -0.2) is 0 Å². The molecule has 0 spiro atoms. The van der Waals surface area contributed by atoms with Gasteiger partial charge in [0.05, 0.1) is 12.0 Å². The third-order valence-corrected chi connectivity index (χ3v) is 9.74. The molecule has 212 valence electrons. The van der Waals surface area contributed by atoms with Crippen molar-refractivity contribution >= 4 is 0 Å². The summed E-state index contributed by atoms with van der Waals surface area (Å²) in [6, 6.07) is 17.7. The predicted molar refractivity (Wildman–Crippen MR) is 166 cm³/mol. The summed E-state index contributed by atoms with van der Waals surface area (Å²) >= 11 is 0. The van der Waals surface area contributed by atoms with Gasteiger partial charge in [0.2, 0.25) is 6.29 Å². The highest BCUT2D eigenvalue weighted by Gasteiger charge is 2.38. The summed E-state index contributed by atoms with van der Waals surface area (Å²) in [6.45, 7) is 9.53. The number of fused-ring (bicyclic) bond motifs is 3. The lowest BCUT2D eigenvalue weighted by Crippen LogP contribution is -2.31. The molecule has 2 heteroatoms. The first-order chi connectivity index (χ1) is 19.5. The van der Waals surface area contributed by atoms with Gasteiger partial charge in [0.25, 0.3) is 0 Å². The quantitative estimate of drug-likeness (QED) is 0.297. The van der Waals surface area contributed by atoms with Crippen LogP contribution in [-0.2, 0) is 9.47 Å². The molecule has 2 unspecified atom stereocenters. The van der Waals surface area contributed by atoms with E-state index in [1.807, 2.05) is 0 Å². The molecule has 0 saturated heterocycles. The first-order valence-corrected chi connectivity index (χ1v) is 16.1. The molecule has 0 aromatic heterocycles. The van der Waals surface area contributed by atoms with Crippen LogP contribution in [-0.4, -0.2) is 12.4 Å². The fraction of sp³-hybridized carbons (Fsp3) is 0.526. The average Bonchev–Trinajstić information content (AvgIpc) is 3.30. The molecule has 2 aromatic rings. The Hall–Kier alpha value is -2.58. The van der Waals surface area contributed by atoms with Gasteiger partial charge in [-0.2, -0.15) is 0 Å². The molecule has 0 heterocycles. The van der Waals surface area contributed by atoms with Crippen LogP contribution in [0.2, 0.25) is 0 Å². The van der Waals surface area contributed by atoms with Crippen molar-refractivity contribution in [3.05, 3.63) is 94.3 Å². The average molecular weight is 537 g/mol. The summed E-state index contributed by atoms with van der Waals surface area (Å²) in [6.07, 6.45) is 16.7. The molecule has 1 saturated carbocycles. The summed E-state index contributed by atoms with van der Waals surface area (Å²) in [4.78, 5) is 0. The molecule has 0 bridgehead atoms. The molecule has 0 aliphatic heterocycles. The highest BCUT2D eigenvalue weighted by atomic mass is 16.7. The lowest BCUT2D eigenvalue weighted by atomic mass is 9.75. The Morgan fingerprint density at radius 2 is 1.35 bits per heavy atom. The second-order valence-electron chi connectivity index (χ2n) is 13.4. The first-order valence-electron chi connectivity index (χ1n) is 16.1. The monoisotopic (exact) mass is 536 g/mol. The molecule has 0 amide bonds. The Morgan fingerprint density at radius 1 is 0.725 bits per heavy atom. The van der Waals surface area contributed by atoms with Gasteiger partial charge < -0.3 is 9.47 Å². The van der Waals surface area contributed by atoms with Gasteiger partial charge >= 0.3 is 0 Å². The van der Waals surface area contributed by atoms with E-state index in [0.29, 0.717) is 11.8 Å². The lowest BCUT2D eigenvalue weighted by molar-refractivity contribution is -0.164. The van der Waals surface area contributed by atoms with Crippen molar-refractivity contribution in [3.63, 3.8) is 0 Å². The second kappa shape index (κ2) is 12.1. The van der Waals surface area contributed by atoms with Crippen molar-refractivity contribution in [3.8, 4) is 11.1 Å². The fourth-order valence-electron chi connectivity index (χ4n) is 7.70. The van der Waals surface area contributed by atoms with Crippen LogP contribution < -0.4 is 0 Å². The smallest absolute Gasteiger partial charge is 0.210 e. The summed E-state index contributed by atoms with van der Waals surface area (Å²) in [7, 11) is 0. The van der Waals surface area contributed by atoms with E-state index in [1.54, 1.807) is 11.1 Å². The van der Waals surface area contributed by atoms with E-state index in [-0.39, 0.29) is 18.3 Å². The van der Waals surface area contributed by atoms with E-state index in [2.05, 4.69) is 88.4 Å². The molecular formula is C38H48O2. The summed E-state index contributed by atoms with van der Waals surface area (Å²) in [5.41, 5.74) is 10.1. The number of rotatable bonds is 9. The molecule has 4 aliphatic rings. The van der Waals surface area contributed by atoms with Gasteiger partial charge in [0.1, 0.15) is 5.76 Å². The standard InChI is InChI=1S/C38H48O2/c1-25(2)22-36(26(3)4)29-19-18-28-24-31(21-20-27(28)23-29)40-38(39-30-12-6-5-7-13-30)37-34-16-10-8-14-32(34)33-15-9-11-17-35(33)37/h8-11,14-17,23-26,30,36-38H,5-7,12-13,18-22H2,1-4H3. The van der Waals surface area contributed by atoms with Gasteiger partial charge in [0.15, 0.2) is 0 Å². The van der Waals surface area contributed by atoms with Crippen molar-refractivity contribution in [2.75, 3.05) is 0 Å². The zero-order chi connectivity index (χ0) is 27.6. The normalized spacial score (nSPS) is 21.1. The van der Waals surface area contributed by atoms with E-state index >= 15 is 0 Å². The van der Waals surface area contributed by atoms with Crippen molar-refractivity contribution in [2.24, 2.45) is 17.8 Å². The van der Waals surface area contributed by atoms with Crippen LogP contribution in [0, 0.1) is 17.8 Å². The summed E-state index contributed by atoms with van der Waals surface area (Å²) < 4.78 is 13.9. The van der Waals surface area contributed by atoms with Crippen molar-refractivity contribution in [2.45, 2.75) is 110 Å². The maximum absolute atomic E-state index is 6.99. The molecule has 40 heavy (non-hydrogen) atoms. The molecule has 2 aromatic carbocycles. The van der Waals surface area contributed by atoms with E-state index in [0.717, 1.165) is 43.8 Å². The van der Waals surface area contributed by atoms with Crippen LogP contribution in [0.1, 0.15) is 109 Å². The molecule has 1 fully saturated rings. The van der Waals surface area contributed by atoms with Crippen molar-refractivity contribution < 1.29 is 9.47 Å². The zero-order valence-corrected chi connectivity index (χ0v) is 25.1. The van der Waals surface area contributed by atoms with Gasteiger partial charge in [-0.3, -0.25) is 0 Å². The SMILES string of the molecule is CC(C)CC(C1=CC2=C(C=C(OC(OC3CCCCC3)C3c4ccccc4-c4ccccc43)CC2)CC1)C(C)C. The third kappa shape index (κ3) is 5.75. The highest BCUT2D eigenvalue weighted by Crippen LogP contribution is 2.49. The number of hydrogen-bond acceptors (Lipinski definition) is 2. The second-order valence-corrected chi connectivity index (χ2v) is 13.4. The van der Waals surface area contributed by atoms with Crippen LogP contribution in [0.5, 0.6) is 0 Å². The zero-order valence-electron chi connectivity index (χ0n) is 25.1. The van der Waals surface area contributed by atoms with Crippen LogP contribution in [0.25, 0.3) is 11.1 Å². The van der Waals surface area contributed by atoms with Crippen LogP contribution in [0.3, 0.4) is 0 Å². The molecule has 4 aliphatic carbocycles. The molecule has 0 radical (unpaired) electrons. The largest absolute Gasteiger partial charge is 0.468 e. The molecule has 0 N–H and O–H groups in total. The molecule has 6 rings (SSSR count). The molecular weight excluding hydrogens is 488 g/mol. The first kappa shape index (κ1) is 27.6. The molecule has 2 nitrogen and oxygen atoms in total. The maximum Gasteiger partial charge on any atom is 0.210 e.